The quantitative estimate of drug-likeness (QED) is 0.520. The lowest BCUT2D eigenvalue weighted by atomic mass is 9.80. The van der Waals surface area contributed by atoms with Gasteiger partial charge in [-0.1, -0.05) is 0 Å². The maximum Gasteiger partial charge on any atom is 0.220 e. The van der Waals surface area contributed by atoms with Crippen LogP contribution in [0.2, 0.25) is 0 Å². The summed E-state index contributed by atoms with van der Waals surface area (Å²) in [5.41, 5.74) is 0. The molecule has 1 aliphatic carbocycles. The zero-order chi connectivity index (χ0) is 13.4. The fourth-order valence-electron chi connectivity index (χ4n) is 2.15. The van der Waals surface area contributed by atoms with E-state index in [0.29, 0.717) is 38.1 Å². The molecule has 1 saturated carbocycles. The predicted octanol–water partition coefficient (Wildman–Crippen LogP) is 0.278. The van der Waals surface area contributed by atoms with Gasteiger partial charge >= 0.3 is 0 Å². The highest BCUT2D eigenvalue weighted by atomic mass is 16.5. The third-order valence-corrected chi connectivity index (χ3v) is 3.13. The van der Waals surface area contributed by atoms with Crippen LogP contribution in [0.5, 0.6) is 0 Å². The molecule has 1 atom stereocenters. The highest BCUT2D eigenvalue weighted by Crippen LogP contribution is 2.32. The van der Waals surface area contributed by atoms with Crippen molar-refractivity contribution in [2.45, 2.75) is 45.3 Å². The Bertz CT molecular complexity index is 240. The summed E-state index contributed by atoms with van der Waals surface area (Å²) >= 11 is 0. The van der Waals surface area contributed by atoms with Crippen LogP contribution >= 0.6 is 0 Å². The fourth-order valence-corrected chi connectivity index (χ4v) is 2.15. The van der Waals surface area contributed by atoms with Gasteiger partial charge in [-0.2, -0.15) is 0 Å². The van der Waals surface area contributed by atoms with Gasteiger partial charge in [0.2, 0.25) is 5.91 Å². The summed E-state index contributed by atoms with van der Waals surface area (Å²) in [6, 6.07) is 0. The molecule has 0 saturated heterocycles. The number of nitrogens with one attached hydrogen (secondary N) is 2. The average molecular weight is 258 g/mol. The molecule has 0 aromatic heterocycles. The molecule has 0 bridgehead atoms. The Morgan fingerprint density at radius 3 is 2.78 bits per heavy atom. The Kier molecular flexibility index (Phi) is 7.23. The van der Waals surface area contributed by atoms with Crippen LogP contribution in [-0.2, 0) is 9.53 Å². The van der Waals surface area contributed by atoms with Crippen LogP contribution in [0.4, 0.5) is 0 Å². The van der Waals surface area contributed by atoms with Crippen LogP contribution in [-0.4, -0.2) is 49.5 Å². The normalized spacial score (nSPS) is 24.4. The van der Waals surface area contributed by atoms with Crippen molar-refractivity contribution in [3.8, 4) is 0 Å². The first kappa shape index (κ1) is 15.4. The van der Waals surface area contributed by atoms with E-state index >= 15 is 0 Å². The Labute approximate surface area is 109 Å². The molecular formula is C13H26N2O3. The van der Waals surface area contributed by atoms with Gasteiger partial charge in [0.05, 0.1) is 12.2 Å². The van der Waals surface area contributed by atoms with Crippen LogP contribution in [0, 0.1) is 5.92 Å². The maximum absolute atomic E-state index is 11.6. The van der Waals surface area contributed by atoms with E-state index in [0.717, 1.165) is 19.4 Å². The van der Waals surface area contributed by atoms with E-state index in [-0.39, 0.29) is 12.0 Å². The minimum absolute atomic E-state index is 0.119. The summed E-state index contributed by atoms with van der Waals surface area (Å²) in [5, 5.41) is 15.0. The summed E-state index contributed by atoms with van der Waals surface area (Å²) < 4.78 is 5.46. The van der Waals surface area contributed by atoms with Crippen molar-refractivity contribution in [2.75, 3.05) is 26.2 Å². The molecule has 5 nitrogen and oxygen atoms in total. The van der Waals surface area contributed by atoms with E-state index < -0.39 is 0 Å². The predicted molar refractivity (Wildman–Crippen MR) is 70.3 cm³/mol. The van der Waals surface area contributed by atoms with Gasteiger partial charge in [-0.05, 0) is 32.6 Å². The highest BCUT2D eigenvalue weighted by Gasteiger charge is 2.30. The van der Waals surface area contributed by atoms with E-state index in [9.17, 15) is 4.79 Å². The molecule has 1 rings (SSSR count). The lowest BCUT2D eigenvalue weighted by Crippen LogP contribution is -2.38. The molecule has 0 heterocycles. The molecule has 5 heteroatoms. The molecule has 1 unspecified atom stereocenters. The van der Waals surface area contributed by atoms with Gasteiger partial charge in [0, 0.05) is 32.7 Å². The first-order valence-electron chi connectivity index (χ1n) is 6.88. The zero-order valence-corrected chi connectivity index (χ0v) is 11.4. The summed E-state index contributed by atoms with van der Waals surface area (Å²) in [5.74, 6) is 0.612. The molecule has 1 amide bonds. The number of hydrogen-bond acceptors (Lipinski definition) is 4. The largest absolute Gasteiger partial charge is 0.392 e. The topological polar surface area (TPSA) is 70.6 Å². The monoisotopic (exact) mass is 258 g/mol. The Morgan fingerprint density at radius 2 is 2.17 bits per heavy atom. The molecule has 0 spiro atoms. The van der Waals surface area contributed by atoms with Crippen molar-refractivity contribution < 1.29 is 14.6 Å². The zero-order valence-electron chi connectivity index (χ0n) is 11.4. The van der Waals surface area contributed by atoms with Crippen molar-refractivity contribution in [2.24, 2.45) is 5.92 Å². The number of aliphatic hydroxyl groups is 1. The smallest absolute Gasteiger partial charge is 0.220 e. The van der Waals surface area contributed by atoms with Gasteiger partial charge in [-0.3, -0.25) is 4.79 Å². The SMILES string of the molecule is CCOC1CC(CC(=O)NCCNCC(C)O)C1. The van der Waals surface area contributed by atoms with E-state index in [1.54, 1.807) is 6.92 Å². The summed E-state index contributed by atoms with van der Waals surface area (Å²) in [6.07, 6.45) is 2.68. The van der Waals surface area contributed by atoms with Gasteiger partial charge in [0.25, 0.3) is 0 Å². The Balaban J connectivity index is 1.92. The molecule has 0 aromatic rings. The van der Waals surface area contributed by atoms with Crippen molar-refractivity contribution in [3.63, 3.8) is 0 Å². The van der Waals surface area contributed by atoms with Gasteiger partial charge in [-0.15, -0.1) is 0 Å². The lowest BCUT2D eigenvalue weighted by molar-refractivity contribution is -0.124. The van der Waals surface area contributed by atoms with E-state index in [4.69, 9.17) is 9.84 Å². The maximum atomic E-state index is 11.6. The first-order valence-corrected chi connectivity index (χ1v) is 6.88. The fraction of sp³-hybridized carbons (Fsp3) is 0.923. The van der Waals surface area contributed by atoms with Crippen molar-refractivity contribution in [1.29, 1.82) is 0 Å². The average Bonchev–Trinajstić information content (AvgIpc) is 2.25. The molecule has 0 radical (unpaired) electrons. The highest BCUT2D eigenvalue weighted by molar-refractivity contribution is 5.76. The molecule has 3 N–H and O–H groups in total. The van der Waals surface area contributed by atoms with Crippen LogP contribution in [0.15, 0.2) is 0 Å². The van der Waals surface area contributed by atoms with Gasteiger partial charge in [-0.25, -0.2) is 0 Å². The van der Waals surface area contributed by atoms with E-state index in [2.05, 4.69) is 10.6 Å². The second kappa shape index (κ2) is 8.45. The van der Waals surface area contributed by atoms with Gasteiger partial charge in [0.1, 0.15) is 0 Å². The van der Waals surface area contributed by atoms with Crippen molar-refractivity contribution in [3.05, 3.63) is 0 Å². The number of hydrogen-bond donors (Lipinski definition) is 3. The second-order valence-electron chi connectivity index (χ2n) is 5.02. The summed E-state index contributed by atoms with van der Waals surface area (Å²) in [4.78, 5) is 11.6. The third-order valence-electron chi connectivity index (χ3n) is 3.13. The number of amides is 1. The number of carbonyl (C=O) groups excluding carboxylic acids is 1. The molecule has 0 aliphatic heterocycles. The van der Waals surface area contributed by atoms with E-state index in [1.807, 2.05) is 6.92 Å². The van der Waals surface area contributed by atoms with Gasteiger partial charge in [0.15, 0.2) is 0 Å². The minimum atomic E-state index is -0.342. The second-order valence-corrected chi connectivity index (χ2v) is 5.02. The molecule has 1 aliphatic rings. The number of carbonyl (C=O) groups is 1. The summed E-state index contributed by atoms with van der Waals surface area (Å²) in [6.45, 7) is 6.38. The third kappa shape index (κ3) is 6.33. The van der Waals surface area contributed by atoms with Crippen LogP contribution in [0.3, 0.4) is 0 Å². The number of aliphatic hydroxyl groups excluding tert-OH is 1. The van der Waals surface area contributed by atoms with Crippen LogP contribution in [0.25, 0.3) is 0 Å². The molecule has 18 heavy (non-hydrogen) atoms. The minimum Gasteiger partial charge on any atom is -0.392 e. The number of rotatable bonds is 9. The molecule has 106 valence electrons. The summed E-state index contributed by atoms with van der Waals surface area (Å²) in [7, 11) is 0. The standard InChI is InChI=1S/C13H26N2O3/c1-3-18-12-6-11(7-12)8-13(17)15-5-4-14-9-10(2)16/h10-12,14,16H,3-9H2,1-2H3,(H,15,17). The Hall–Kier alpha value is -0.650. The van der Waals surface area contributed by atoms with Crippen LogP contribution in [0.1, 0.15) is 33.1 Å². The molecule has 0 aromatic carbocycles. The van der Waals surface area contributed by atoms with Crippen molar-refractivity contribution in [1.82, 2.24) is 10.6 Å². The van der Waals surface area contributed by atoms with Crippen LogP contribution < -0.4 is 10.6 Å². The van der Waals surface area contributed by atoms with Gasteiger partial charge < -0.3 is 20.5 Å². The Morgan fingerprint density at radius 1 is 1.44 bits per heavy atom. The number of ether oxygens (including phenoxy) is 1. The molecule has 1 fully saturated rings. The van der Waals surface area contributed by atoms with Crippen molar-refractivity contribution >= 4 is 5.91 Å². The first-order chi connectivity index (χ1) is 8.61. The molecular weight excluding hydrogens is 232 g/mol. The van der Waals surface area contributed by atoms with E-state index in [1.165, 1.54) is 0 Å². The lowest BCUT2D eigenvalue weighted by Gasteiger charge is -2.34.